The van der Waals surface area contributed by atoms with Gasteiger partial charge in [0.15, 0.2) is 0 Å². The zero-order valence-electron chi connectivity index (χ0n) is 15.0. The Morgan fingerprint density at radius 2 is 1.65 bits per heavy atom. The molecule has 0 bridgehead atoms. The molecule has 26 heavy (non-hydrogen) atoms. The van der Waals surface area contributed by atoms with E-state index in [-0.39, 0.29) is 18.4 Å². The summed E-state index contributed by atoms with van der Waals surface area (Å²) in [6, 6.07) is 15.1. The Bertz CT molecular complexity index is 720. The van der Waals surface area contributed by atoms with Crippen molar-refractivity contribution in [1.82, 2.24) is 15.5 Å². The van der Waals surface area contributed by atoms with Crippen molar-refractivity contribution in [2.75, 3.05) is 20.1 Å². The van der Waals surface area contributed by atoms with Crippen molar-refractivity contribution in [2.24, 2.45) is 0 Å². The average molecular weight is 357 g/mol. The molecule has 3 amide bonds. The van der Waals surface area contributed by atoms with Gasteiger partial charge in [-0.15, -0.1) is 0 Å². The molecule has 0 aliphatic rings. The van der Waals surface area contributed by atoms with E-state index in [9.17, 15) is 14.0 Å². The van der Waals surface area contributed by atoms with Crippen molar-refractivity contribution in [3.8, 4) is 0 Å². The molecule has 0 fully saturated rings. The van der Waals surface area contributed by atoms with E-state index in [2.05, 4.69) is 10.6 Å². The third-order valence-electron chi connectivity index (χ3n) is 3.92. The van der Waals surface area contributed by atoms with E-state index in [1.54, 1.807) is 19.2 Å². The summed E-state index contributed by atoms with van der Waals surface area (Å²) >= 11 is 0. The minimum atomic E-state index is -0.497. The summed E-state index contributed by atoms with van der Waals surface area (Å²) in [5.74, 6) is -0.710. The fourth-order valence-corrected chi connectivity index (χ4v) is 2.75. The molecule has 0 saturated carbocycles. The first kappa shape index (κ1) is 19.6. The van der Waals surface area contributed by atoms with Crippen LogP contribution in [0.4, 0.5) is 9.18 Å². The van der Waals surface area contributed by atoms with Gasteiger partial charge in [0.05, 0.1) is 12.6 Å². The Kier molecular flexibility index (Phi) is 7.29. The molecule has 2 aromatic carbocycles. The van der Waals surface area contributed by atoms with Crippen molar-refractivity contribution < 1.29 is 14.0 Å². The van der Waals surface area contributed by atoms with Crippen molar-refractivity contribution in [3.05, 3.63) is 71.5 Å². The summed E-state index contributed by atoms with van der Waals surface area (Å²) in [6.45, 7) is 2.47. The van der Waals surface area contributed by atoms with Gasteiger partial charge in [-0.05, 0) is 36.7 Å². The molecule has 1 unspecified atom stereocenters. The molecule has 0 aliphatic carbocycles. The number of rotatable bonds is 7. The second-order valence-corrected chi connectivity index (χ2v) is 6.08. The molecule has 1 atom stereocenters. The maximum atomic E-state index is 13.3. The number of benzene rings is 2. The summed E-state index contributed by atoms with van der Waals surface area (Å²) in [7, 11) is 1.80. The highest BCUT2D eigenvalue weighted by Crippen LogP contribution is 2.27. The second-order valence-electron chi connectivity index (χ2n) is 6.08. The second kappa shape index (κ2) is 9.68. The van der Waals surface area contributed by atoms with Crippen LogP contribution < -0.4 is 10.6 Å². The summed E-state index contributed by atoms with van der Waals surface area (Å²) in [5, 5.41) is 4.93. The Labute approximate surface area is 153 Å². The molecule has 6 heteroatoms. The summed E-state index contributed by atoms with van der Waals surface area (Å²) < 4.78 is 13.3. The number of hydrogen-bond acceptors (Lipinski definition) is 3. The average Bonchev–Trinajstić information content (AvgIpc) is 2.62. The lowest BCUT2D eigenvalue weighted by Gasteiger charge is -2.28. The van der Waals surface area contributed by atoms with E-state index in [0.717, 1.165) is 17.5 Å². The number of nitrogens with zero attached hydrogens (tertiary/aromatic N) is 1. The molecule has 0 radical (unpaired) electrons. The quantitative estimate of drug-likeness (QED) is 0.800. The van der Waals surface area contributed by atoms with Gasteiger partial charge in [0.1, 0.15) is 5.82 Å². The molecular formula is C20H24FN3O2. The van der Waals surface area contributed by atoms with Gasteiger partial charge in [-0.25, -0.2) is 9.18 Å². The summed E-state index contributed by atoms with van der Waals surface area (Å²) in [5.41, 5.74) is 1.84. The van der Waals surface area contributed by atoms with Crippen LogP contribution in [0.2, 0.25) is 0 Å². The Morgan fingerprint density at radius 1 is 1.04 bits per heavy atom. The lowest BCUT2D eigenvalue weighted by molar-refractivity contribution is -0.121. The van der Waals surface area contributed by atoms with E-state index in [0.29, 0.717) is 6.54 Å². The molecule has 0 spiro atoms. The maximum Gasteiger partial charge on any atom is 0.321 e. The third kappa shape index (κ3) is 5.67. The van der Waals surface area contributed by atoms with Gasteiger partial charge in [-0.2, -0.15) is 0 Å². The van der Waals surface area contributed by atoms with Gasteiger partial charge >= 0.3 is 6.03 Å². The van der Waals surface area contributed by atoms with Gasteiger partial charge in [0, 0.05) is 6.54 Å². The topological polar surface area (TPSA) is 61.4 Å². The Hall–Kier alpha value is -2.73. The largest absolute Gasteiger partial charge is 0.338 e. The Balaban J connectivity index is 2.13. The number of halogens is 1. The molecule has 0 aliphatic heterocycles. The predicted molar refractivity (Wildman–Crippen MR) is 99.1 cm³/mol. The van der Waals surface area contributed by atoms with Crippen LogP contribution in [0.25, 0.3) is 0 Å². The highest BCUT2D eigenvalue weighted by Gasteiger charge is 2.22. The van der Waals surface area contributed by atoms with Crippen LogP contribution in [0.3, 0.4) is 0 Å². The maximum absolute atomic E-state index is 13.3. The lowest BCUT2D eigenvalue weighted by Crippen LogP contribution is -2.44. The fourth-order valence-electron chi connectivity index (χ4n) is 2.75. The van der Waals surface area contributed by atoms with Gasteiger partial charge in [-0.3, -0.25) is 15.0 Å². The molecule has 2 aromatic rings. The van der Waals surface area contributed by atoms with Crippen LogP contribution in [0.5, 0.6) is 0 Å². The number of imide groups is 1. The highest BCUT2D eigenvalue weighted by molar-refractivity contribution is 5.95. The van der Waals surface area contributed by atoms with E-state index in [4.69, 9.17) is 0 Å². The molecule has 5 nitrogen and oxygen atoms in total. The first-order valence-electron chi connectivity index (χ1n) is 8.59. The number of amides is 3. The van der Waals surface area contributed by atoms with Gasteiger partial charge in [-0.1, -0.05) is 49.4 Å². The number of urea groups is 1. The first-order chi connectivity index (χ1) is 12.5. The molecule has 138 valence electrons. The molecule has 0 heterocycles. The number of carbonyl (C=O) groups is 2. The standard InChI is InChI=1S/C20H24FN3O2/c1-3-13-22-20(26)23-18(25)14-24(2)19(15-7-5-4-6-8-15)16-9-11-17(21)12-10-16/h4-12,19H,3,13-14H2,1-2H3,(H2,22,23,25,26). The predicted octanol–water partition coefficient (Wildman–Crippen LogP) is 3.08. The summed E-state index contributed by atoms with van der Waals surface area (Å²) in [6.07, 6.45) is 0.794. The molecule has 2 N–H and O–H groups in total. The van der Waals surface area contributed by atoms with E-state index in [1.165, 1.54) is 12.1 Å². The van der Waals surface area contributed by atoms with Gasteiger partial charge in [0.25, 0.3) is 0 Å². The van der Waals surface area contributed by atoms with Crippen molar-refractivity contribution >= 4 is 11.9 Å². The van der Waals surface area contributed by atoms with Crippen LogP contribution in [0, 0.1) is 5.82 Å². The third-order valence-corrected chi connectivity index (χ3v) is 3.92. The van der Waals surface area contributed by atoms with E-state index in [1.807, 2.05) is 42.2 Å². The highest BCUT2D eigenvalue weighted by atomic mass is 19.1. The molecule has 0 aromatic heterocycles. The minimum absolute atomic E-state index is 0.0243. The zero-order chi connectivity index (χ0) is 18.9. The van der Waals surface area contributed by atoms with Crippen LogP contribution in [-0.2, 0) is 4.79 Å². The smallest absolute Gasteiger partial charge is 0.321 e. The van der Waals surface area contributed by atoms with Crippen molar-refractivity contribution in [1.29, 1.82) is 0 Å². The van der Waals surface area contributed by atoms with Crippen LogP contribution in [0.1, 0.15) is 30.5 Å². The van der Waals surface area contributed by atoms with Crippen LogP contribution in [-0.4, -0.2) is 37.0 Å². The van der Waals surface area contributed by atoms with E-state index < -0.39 is 11.9 Å². The number of hydrogen-bond donors (Lipinski definition) is 2. The Morgan fingerprint density at radius 3 is 2.27 bits per heavy atom. The number of carbonyl (C=O) groups excluding carboxylic acids is 2. The normalized spacial score (nSPS) is 11.8. The minimum Gasteiger partial charge on any atom is -0.338 e. The van der Waals surface area contributed by atoms with Gasteiger partial charge < -0.3 is 5.32 Å². The molecular weight excluding hydrogens is 333 g/mol. The van der Waals surface area contributed by atoms with Crippen LogP contribution >= 0.6 is 0 Å². The zero-order valence-corrected chi connectivity index (χ0v) is 15.0. The molecule has 2 rings (SSSR count). The fraction of sp³-hybridized carbons (Fsp3) is 0.300. The van der Waals surface area contributed by atoms with Crippen molar-refractivity contribution in [2.45, 2.75) is 19.4 Å². The lowest BCUT2D eigenvalue weighted by atomic mass is 9.97. The first-order valence-corrected chi connectivity index (χ1v) is 8.59. The van der Waals surface area contributed by atoms with Crippen molar-refractivity contribution in [3.63, 3.8) is 0 Å². The monoisotopic (exact) mass is 357 g/mol. The number of likely N-dealkylation sites (N-methyl/N-ethyl adjacent to an activating group) is 1. The SMILES string of the molecule is CCCNC(=O)NC(=O)CN(C)C(c1ccccc1)c1ccc(F)cc1. The molecule has 0 saturated heterocycles. The summed E-state index contributed by atoms with van der Waals surface area (Å²) in [4.78, 5) is 25.6. The van der Waals surface area contributed by atoms with E-state index >= 15 is 0 Å². The van der Waals surface area contributed by atoms with Crippen LogP contribution in [0.15, 0.2) is 54.6 Å². The van der Waals surface area contributed by atoms with Gasteiger partial charge in [0.2, 0.25) is 5.91 Å². The number of nitrogens with one attached hydrogen (secondary N) is 2.